The summed E-state index contributed by atoms with van der Waals surface area (Å²) in [7, 11) is 0. The van der Waals surface area contributed by atoms with Crippen LogP contribution in [0.25, 0.3) is 0 Å². The minimum absolute atomic E-state index is 0.0597. The lowest BCUT2D eigenvalue weighted by atomic mass is 9.42. The van der Waals surface area contributed by atoms with Gasteiger partial charge in [0, 0.05) is 18.8 Å². The largest absolute Gasteiger partial charge is 0.462 e. The smallest absolute Gasteiger partial charge is 0.302 e. The molecule has 36 heavy (non-hydrogen) atoms. The van der Waals surface area contributed by atoms with Crippen LogP contribution in [-0.4, -0.2) is 45.1 Å². The van der Waals surface area contributed by atoms with Gasteiger partial charge in [0.05, 0.1) is 16.5 Å². The van der Waals surface area contributed by atoms with E-state index in [0.29, 0.717) is 23.9 Å². The van der Waals surface area contributed by atoms with Crippen molar-refractivity contribution in [3.63, 3.8) is 0 Å². The summed E-state index contributed by atoms with van der Waals surface area (Å²) in [5.74, 6) is 2.42. The Kier molecular flexibility index (Phi) is 5.93. The SMILES string of the molecule is CC(=O)OC1CCC2(C)C3CCC4(C)C(CC5OC6(CCC(C)CC6)[C@@H](C)C54)C3[C@H](Br)C(=O)[C@@]2(O)C1. The molecule has 6 heteroatoms. The summed E-state index contributed by atoms with van der Waals surface area (Å²) in [4.78, 5) is 25.3. The Labute approximate surface area is 224 Å². The maximum Gasteiger partial charge on any atom is 0.302 e. The van der Waals surface area contributed by atoms with E-state index in [9.17, 15) is 14.7 Å². The van der Waals surface area contributed by atoms with Crippen molar-refractivity contribution in [3.05, 3.63) is 0 Å². The van der Waals surface area contributed by atoms with Crippen LogP contribution in [0.3, 0.4) is 0 Å². The molecular weight excluding hydrogens is 520 g/mol. The number of rotatable bonds is 1. The Hall–Kier alpha value is -0.460. The van der Waals surface area contributed by atoms with Gasteiger partial charge in [0.2, 0.25) is 0 Å². The van der Waals surface area contributed by atoms with Crippen LogP contribution < -0.4 is 0 Å². The number of ether oxygens (including phenoxy) is 2. The molecule has 1 saturated heterocycles. The Morgan fingerprint density at radius 2 is 1.75 bits per heavy atom. The van der Waals surface area contributed by atoms with Gasteiger partial charge in [0.25, 0.3) is 0 Å². The summed E-state index contributed by atoms with van der Waals surface area (Å²) >= 11 is 3.86. The minimum Gasteiger partial charge on any atom is -0.462 e. The van der Waals surface area contributed by atoms with Crippen LogP contribution in [0.5, 0.6) is 0 Å². The van der Waals surface area contributed by atoms with E-state index in [1.807, 2.05) is 0 Å². The van der Waals surface area contributed by atoms with Crippen molar-refractivity contribution in [1.29, 1.82) is 0 Å². The van der Waals surface area contributed by atoms with Crippen molar-refractivity contribution in [3.8, 4) is 0 Å². The van der Waals surface area contributed by atoms with Crippen LogP contribution in [0.1, 0.15) is 98.8 Å². The van der Waals surface area contributed by atoms with E-state index < -0.39 is 11.0 Å². The highest BCUT2D eigenvalue weighted by Crippen LogP contribution is 2.72. The molecule has 5 aliphatic carbocycles. The molecule has 6 rings (SSSR count). The summed E-state index contributed by atoms with van der Waals surface area (Å²) < 4.78 is 12.6. The lowest BCUT2D eigenvalue weighted by molar-refractivity contribution is -0.216. The van der Waals surface area contributed by atoms with Crippen LogP contribution in [0, 0.1) is 46.3 Å². The Morgan fingerprint density at radius 3 is 2.42 bits per heavy atom. The lowest BCUT2D eigenvalue weighted by Crippen LogP contribution is -2.70. The molecule has 8 unspecified atom stereocenters. The Balaban J connectivity index is 1.30. The van der Waals surface area contributed by atoms with Gasteiger partial charge in [-0.1, -0.05) is 43.6 Å². The molecule has 0 amide bonds. The first-order valence-corrected chi connectivity index (χ1v) is 15.5. The lowest BCUT2D eigenvalue weighted by Gasteiger charge is -2.64. The summed E-state index contributed by atoms with van der Waals surface area (Å²) in [6, 6.07) is 0. The molecule has 6 aliphatic rings. The quantitative estimate of drug-likeness (QED) is 0.320. The van der Waals surface area contributed by atoms with E-state index in [-0.39, 0.29) is 52.0 Å². The molecule has 1 aliphatic heterocycles. The van der Waals surface area contributed by atoms with E-state index in [0.717, 1.165) is 38.0 Å². The zero-order valence-electron chi connectivity index (χ0n) is 22.7. The predicted molar refractivity (Wildman–Crippen MR) is 141 cm³/mol. The zero-order valence-corrected chi connectivity index (χ0v) is 24.3. The van der Waals surface area contributed by atoms with Gasteiger partial charge in [-0.2, -0.15) is 0 Å². The minimum atomic E-state index is -1.45. The molecule has 0 bridgehead atoms. The van der Waals surface area contributed by atoms with Crippen molar-refractivity contribution < 1.29 is 24.2 Å². The van der Waals surface area contributed by atoms with E-state index in [1.165, 1.54) is 32.6 Å². The molecule has 0 radical (unpaired) electrons. The molecule has 6 fully saturated rings. The fourth-order valence-corrected chi connectivity index (χ4v) is 12.0. The first-order chi connectivity index (χ1) is 16.9. The van der Waals surface area contributed by atoms with Gasteiger partial charge >= 0.3 is 5.97 Å². The van der Waals surface area contributed by atoms with Gasteiger partial charge in [0.15, 0.2) is 5.78 Å². The number of hydrogen-bond acceptors (Lipinski definition) is 5. The van der Waals surface area contributed by atoms with Gasteiger partial charge in [-0.25, -0.2) is 0 Å². The van der Waals surface area contributed by atoms with E-state index in [4.69, 9.17) is 9.47 Å². The monoisotopic (exact) mass is 564 g/mol. The second-order valence-corrected chi connectivity index (χ2v) is 15.3. The highest BCUT2D eigenvalue weighted by molar-refractivity contribution is 9.10. The van der Waals surface area contributed by atoms with Gasteiger partial charge in [0.1, 0.15) is 11.7 Å². The van der Waals surface area contributed by atoms with Crippen molar-refractivity contribution in [2.24, 2.45) is 46.3 Å². The number of halogens is 1. The molecule has 0 aromatic rings. The van der Waals surface area contributed by atoms with Gasteiger partial charge in [-0.15, -0.1) is 0 Å². The molecule has 5 saturated carbocycles. The van der Waals surface area contributed by atoms with E-state index in [2.05, 4.69) is 43.6 Å². The summed E-state index contributed by atoms with van der Waals surface area (Å²) in [6.45, 7) is 10.9. The number of fused-ring (bicyclic) bond motifs is 7. The van der Waals surface area contributed by atoms with Gasteiger partial charge in [-0.05, 0) is 98.7 Å². The predicted octanol–water partition coefficient (Wildman–Crippen LogP) is 5.84. The molecule has 1 N–H and O–H groups in total. The number of ketones is 1. The molecule has 5 nitrogen and oxygen atoms in total. The van der Waals surface area contributed by atoms with Crippen LogP contribution in [0.15, 0.2) is 0 Å². The zero-order chi connectivity index (χ0) is 25.8. The fourth-order valence-electron chi connectivity index (χ4n) is 10.9. The van der Waals surface area contributed by atoms with Gasteiger partial charge in [-0.3, -0.25) is 9.59 Å². The first kappa shape index (κ1) is 25.8. The molecule has 11 atom stereocenters. The highest BCUT2D eigenvalue weighted by Gasteiger charge is 2.73. The summed E-state index contributed by atoms with van der Waals surface area (Å²) in [6.07, 6.45) is 9.76. The third-order valence-corrected chi connectivity index (χ3v) is 13.9. The summed E-state index contributed by atoms with van der Waals surface area (Å²) in [5.41, 5.74) is -1.70. The number of carbonyl (C=O) groups is 2. The third kappa shape index (κ3) is 3.25. The fraction of sp³-hybridized carbons (Fsp3) is 0.933. The number of alkyl halides is 1. The normalized spacial score (nSPS) is 58.1. The van der Waals surface area contributed by atoms with Crippen molar-refractivity contribution in [2.75, 3.05) is 0 Å². The average molecular weight is 566 g/mol. The molecule has 1 spiro atoms. The number of carbonyl (C=O) groups excluding carboxylic acids is 2. The second-order valence-electron chi connectivity index (χ2n) is 14.3. The number of esters is 1. The molecule has 0 aromatic carbocycles. The van der Waals surface area contributed by atoms with E-state index >= 15 is 0 Å². The molecule has 202 valence electrons. The van der Waals surface area contributed by atoms with Crippen molar-refractivity contribution in [2.45, 2.75) is 127 Å². The van der Waals surface area contributed by atoms with Crippen LogP contribution in [-0.2, 0) is 19.1 Å². The number of aliphatic hydroxyl groups is 1. The third-order valence-electron chi connectivity index (χ3n) is 12.9. The van der Waals surface area contributed by atoms with Gasteiger partial charge < -0.3 is 14.6 Å². The maximum absolute atomic E-state index is 14.0. The van der Waals surface area contributed by atoms with Crippen LogP contribution in [0.4, 0.5) is 0 Å². The van der Waals surface area contributed by atoms with Crippen molar-refractivity contribution >= 4 is 27.7 Å². The number of hydrogen-bond donors (Lipinski definition) is 1. The van der Waals surface area contributed by atoms with E-state index in [1.54, 1.807) is 0 Å². The van der Waals surface area contributed by atoms with Crippen LogP contribution >= 0.6 is 15.9 Å². The average Bonchev–Trinajstić information content (AvgIpc) is 3.26. The van der Waals surface area contributed by atoms with Crippen molar-refractivity contribution in [1.82, 2.24) is 0 Å². The second kappa shape index (κ2) is 8.27. The molecule has 0 aromatic heterocycles. The first-order valence-electron chi connectivity index (χ1n) is 14.6. The number of Topliss-reactive ketones (excluding diaryl/α,β-unsaturated/α-hetero) is 1. The highest BCUT2D eigenvalue weighted by atomic mass is 79.9. The Bertz CT molecular complexity index is 944. The Morgan fingerprint density at radius 1 is 1.06 bits per heavy atom. The molecular formula is C30H45BrO5. The summed E-state index contributed by atoms with van der Waals surface area (Å²) in [5, 5.41) is 12.0. The standard InChI is InChI=1S/C30H45BrO5/c1-16-6-12-29(13-7-16)17(2)24-22(36-29)14-21-23-20(9-10-27(21,24)4)28(5)11-8-19(35-18(3)32)15-30(28,34)26(33)25(23)31/h16-17,19-25,34H,6-15H2,1-5H3/t16?,17-,19?,20?,21?,22?,23?,24?,25-,27?,28?,29?,30-/m0/s1. The molecule has 1 heterocycles. The maximum atomic E-state index is 14.0. The topological polar surface area (TPSA) is 72.8 Å². The van der Waals surface area contributed by atoms with Crippen LogP contribution in [0.2, 0.25) is 0 Å².